The highest BCUT2D eigenvalue weighted by molar-refractivity contribution is 8.02. The van der Waals surface area contributed by atoms with Crippen LogP contribution in [0.5, 0.6) is 0 Å². The first kappa shape index (κ1) is 8.19. The van der Waals surface area contributed by atoms with Gasteiger partial charge in [0.05, 0.1) is 11.8 Å². The molecule has 0 fully saturated rings. The Bertz CT molecular complexity index is 77.0. The molecule has 0 unspecified atom stereocenters. The summed E-state index contributed by atoms with van der Waals surface area (Å²) in [6, 6.07) is 2.08. The molecule has 0 aliphatic rings. The van der Waals surface area contributed by atoms with Crippen molar-refractivity contribution in [1.29, 1.82) is 5.26 Å². The minimum Gasteiger partial charge on any atom is -0.197 e. The minimum atomic E-state index is 0.639. The van der Waals surface area contributed by atoms with Crippen molar-refractivity contribution in [1.82, 2.24) is 0 Å². The van der Waals surface area contributed by atoms with E-state index in [1.54, 1.807) is 11.8 Å². The Morgan fingerprint density at radius 1 is 1.50 bits per heavy atom. The Balaban J connectivity index is 2.65. The molecule has 46 valence electrons. The molecule has 0 amide bonds. The summed E-state index contributed by atoms with van der Waals surface area (Å²) in [6.07, 6.45) is 2.08. The smallest absolute Gasteiger partial charge is 0.0808 e. The van der Waals surface area contributed by atoms with Crippen LogP contribution in [0.25, 0.3) is 0 Å². The van der Waals surface area contributed by atoms with Gasteiger partial charge in [-0.25, -0.2) is 0 Å². The van der Waals surface area contributed by atoms with Gasteiger partial charge in [-0.05, 0) is 6.26 Å². The summed E-state index contributed by atoms with van der Waals surface area (Å²) in [5, 5.41) is 8.09. The van der Waals surface area contributed by atoms with Crippen LogP contribution in [0.1, 0.15) is 0 Å². The molecule has 0 saturated heterocycles. The first-order valence-corrected chi connectivity index (χ1v) is 4.90. The molecule has 0 spiro atoms. The predicted octanol–water partition coefficient (Wildman–Crippen LogP) is 1.61. The van der Waals surface area contributed by atoms with E-state index in [0.717, 1.165) is 11.5 Å². The molecule has 0 atom stereocenters. The van der Waals surface area contributed by atoms with Gasteiger partial charge in [-0.2, -0.15) is 17.0 Å². The van der Waals surface area contributed by atoms with Gasteiger partial charge in [0, 0.05) is 11.5 Å². The van der Waals surface area contributed by atoms with E-state index in [9.17, 15) is 0 Å². The van der Waals surface area contributed by atoms with E-state index in [-0.39, 0.29) is 0 Å². The molecule has 0 aromatic heterocycles. The maximum absolute atomic E-state index is 8.09. The van der Waals surface area contributed by atoms with Crippen molar-refractivity contribution in [3.63, 3.8) is 0 Å². The number of thioether (sulfide) groups is 2. The highest BCUT2D eigenvalue weighted by Crippen LogP contribution is 2.01. The maximum atomic E-state index is 8.09. The van der Waals surface area contributed by atoms with Crippen molar-refractivity contribution in [3.8, 4) is 6.07 Å². The fourth-order valence-corrected chi connectivity index (χ4v) is 1.63. The zero-order chi connectivity index (χ0) is 6.24. The van der Waals surface area contributed by atoms with Crippen LogP contribution < -0.4 is 0 Å². The summed E-state index contributed by atoms with van der Waals surface area (Å²) in [5.41, 5.74) is 0. The summed E-state index contributed by atoms with van der Waals surface area (Å²) in [6.45, 7) is 0. The maximum Gasteiger partial charge on any atom is 0.0808 e. The van der Waals surface area contributed by atoms with Crippen molar-refractivity contribution < 1.29 is 0 Å². The molecule has 3 heteroatoms. The molecule has 0 aliphatic carbocycles. The molecule has 0 bridgehead atoms. The monoisotopic (exact) mass is 147 g/mol. The summed E-state index contributed by atoms with van der Waals surface area (Å²) < 4.78 is 0. The average Bonchev–Trinajstić information content (AvgIpc) is 1.81. The second-order valence-corrected chi connectivity index (χ2v) is 3.29. The number of hydrogen-bond donors (Lipinski definition) is 0. The predicted molar refractivity (Wildman–Crippen MR) is 41.3 cm³/mol. The SMILES string of the molecule is CSCCSCC#N. The molecular formula is C5H9NS2. The first-order valence-electron chi connectivity index (χ1n) is 2.35. The van der Waals surface area contributed by atoms with Crippen LogP contribution in [0.2, 0.25) is 0 Å². The van der Waals surface area contributed by atoms with Gasteiger partial charge >= 0.3 is 0 Å². The topological polar surface area (TPSA) is 23.8 Å². The van der Waals surface area contributed by atoms with Gasteiger partial charge in [-0.1, -0.05) is 0 Å². The molecule has 0 radical (unpaired) electrons. The van der Waals surface area contributed by atoms with Crippen LogP contribution in [-0.2, 0) is 0 Å². The summed E-state index contributed by atoms with van der Waals surface area (Å²) in [7, 11) is 0. The number of rotatable bonds is 4. The van der Waals surface area contributed by atoms with Crippen molar-refractivity contribution in [2.75, 3.05) is 23.5 Å². The lowest BCUT2D eigenvalue weighted by atomic mass is 10.9. The summed E-state index contributed by atoms with van der Waals surface area (Å²) in [5.74, 6) is 2.90. The average molecular weight is 147 g/mol. The third-order valence-electron chi connectivity index (χ3n) is 0.598. The fourth-order valence-electron chi connectivity index (χ4n) is 0.260. The van der Waals surface area contributed by atoms with Crippen molar-refractivity contribution in [2.45, 2.75) is 0 Å². The molecule has 0 aromatic carbocycles. The Morgan fingerprint density at radius 3 is 2.75 bits per heavy atom. The Hall–Kier alpha value is 0.190. The summed E-state index contributed by atoms with van der Waals surface area (Å²) >= 11 is 3.52. The lowest BCUT2D eigenvalue weighted by Crippen LogP contribution is -1.82. The van der Waals surface area contributed by atoms with Crippen LogP contribution in [-0.4, -0.2) is 23.5 Å². The first-order chi connectivity index (χ1) is 3.91. The Labute approximate surface area is 58.8 Å². The third kappa shape index (κ3) is 6.19. The highest BCUT2D eigenvalue weighted by atomic mass is 32.2. The second kappa shape index (κ2) is 7.19. The van der Waals surface area contributed by atoms with E-state index >= 15 is 0 Å². The van der Waals surface area contributed by atoms with Crippen LogP contribution in [0.15, 0.2) is 0 Å². The Kier molecular flexibility index (Phi) is 7.36. The van der Waals surface area contributed by atoms with Gasteiger partial charge in [0.15, 0.2) is 0 Å². The van der Waals surface area contributed by atoms with Gasteiger partial charge in [0.2, 0.25) is 0 Å². The van der Waals surface area contributed by atoms with Crippen molar-refractivity contribution in [2.24, 2.45) is 0 Å². The van der Waals surface area contributed by atoms with Gasteiger partial charge in [-0.3, -0.25) is 0 Å². The van der Waals surface area contributed by atoms with E-state index in [4.69, 9.17) is 5.26 Å². The third-order valence-corrected chi connectivity index (χ3v) is 2.30. The molecule has 0 aromatic rings. The molecule has 0 aliphatic heterocycles. The lowest BCUT2D eigenvalue weighted by Gasteiger charge is -1.90. The molecule has 0 rings (SSSR count). The van der Waals surface area contributed by atoms with E-state index in [1.165, 1.54) is 0 Å². The van der Waals surface area contributed by atoms with Crippen LogP contribution in [0.4, 0.5) is 0 Å². The standard InChI is InChI=1S/C5H9NS2/c1-7-4-5-8-3-2-6/h3-5H2,1H3. The summed E-state index contributed by atoms with van der Waals surface area (Å²) in [4.78, 5) is 0. The molecule has 8 heavy (non-hydrogen) atoms. The van der Waals surface area contributed by atoms with E-state index < -0.39 is 0 Å². The molecule has 0 heterocycles. The lowest BCUT2D eigenvalue weighted by molar-refractivity contribution is 1.48. The van der Waals surface area contributed by atoms with Gasteiger partial charge < -0.3 is 0 Å². The van der Waals surface area contributed by atoms with Gasteiger partial charge in [0.1, 0.15) is 0 Å². The van der Waals surface area contributed by atoms with Crippen molar-refractivity contribution >= 4 is 23.5 Å². The minimum absolute atomic E-state index is 0.639. The zero-order valence-electron chi connectivity index (χ0n) is 4.89. The van der Waals surface area contributed by atoms with Crippen LogP contribution in [0.3, 0.4) is 0 Å². The molecule has 1 nitrogen and oxygen atoms in total. The van der Waals surface area contributed by atoms with Gasteiger partial charge in [0.25, 0.3) is 0 Å². The normalized spacial score (nSPS) is 8.50. The highest BCUT2D eigenvalue weighted by Gasteiger charge is 1.83. The van der Waals surface area contributed by atoms with Gasteiger partial charge in [-0.15, -0.1) is 11.8 Å². The zero-order valence-corrected chi connectivity index (χ0v) is 6.52. The Morgan fingerprint density at radius 2 is 2.25 bits per heavy atom. The molecular weight excluding hydrogens is 138 g/mol. The van der Waals surface area contributed by atoms with Crippen molar-refractivity contribution in [3.05, 3.63) is 0 Å². The second-order valence-electron chi connectivity index (χ2n) is 1.20. The number of nitrogens with zero attached hydrogens (tertiary/aromatic N) is 1. The van der Waals surface area contributed by atoms with E-state index in [0.29, 0.717) is 5.75 Å². The molecule has 0 saturated carbocycles. The van der Waals surface area contributed by atoms with Crippen LogP contribution in [0, 0.1) is 11.3 Å². The van der Waals surface area contributed by atoms with E-state index in [2.05, 4.69) is 12.3 Å². The largest absolute Gasteiger partial charge is 0.197 e. The quantitative estimate of drug-likeness (QED) is 0.564. The number of nitriles is 1. The van der Waals surface area contributed by atoms with Crippen LogP contribution >= 0.6 is 23.5 Å². The molecule has 0 N–H and O–H groups in total. The van der Waals surface area contributed by atoms with E-state index in [1.807, 2.05) is 11.8 Å². The number of hydrogen-bond acceptors (Lipinski definition) is 3. The fraction of sp³-hybridized carbons (Fsp3) is 0.800.